The van der Waals surface area contributed by atoms with E-state index in [0.29, 0.717) is 22.5 Å². The summed E-state index contributed by atoms with van der Waals surface area (Å²) < 4.78 is 15.8. The number of benzene rings is 1. The summed E-state index contributed by atoms with van der Waals surface area (Å²) in [4.78, 5) is 0. The van der Waals surface area contributed by atoms with Crippen LogP contribution in [0.15, 0.2) is 18.2 Å². The van der Waals surface area contributed by atoms with Crippen LogP contribution in [-0.4, -0.2) is 20.2 Å². The Labute approximate surface area is 116 Å². The van der Waals surface area contributed by atoms with Crippen LogP contribution in [0.25, 0.3) is 11.4 Å². The molecule has 6 heteroatoms. The predicted molar refractivity (Wildman–Crippen MR) is 72.0 cm³/mol. The summed E-state index contributed by atoms with van der Waals surface area (Å²) in [5.41, 5.74) is 6.77. The molecule has 2 fully saturated rings. The van der Waals surface area contributed by atoms with Gasteiger partial charge in [-0.2, -0.15) is 0 Å². The van der Waals surface area contributed by atoms with Gasteiger partial charge in [-0.1, -0.05) is 0 Å². The van der Waals surface area contributed by atoms with E-state index in [-0.39, 0.29) is 5.82 Å². The molecule has 0 bridgehead atoms. The highest BCUT2D eigenvalue weighted by atomic mass is 19.1. The first kappa shape index (κ1) is 11.8. The molecule has 0 amide bonds. The van der Waals surface area contributed by atoms with Crippen molar-refractivity contribution in [2.24, 2.45) is 11.3 Å². The van der Waals surface area contributed by atoms with Crippen molar-refractivity contribution in [3.8, 4) is 11.4 Å². The predicted octanol–water partition coefficient (Wildman–Crippen LogP) is 2.25. The number of hydrogen-bond donors (Lipinski definition) is 1. The van der Waals surface area contributed by atoms with Gasteiger partial charge in [-0.25, -0.2) is 9.07 Å². The first-order valence-electron chi connectivity index (χ1n) is 6.99. The Kier molecular flexibility index (Phi) is 2.37. The minimum Gasteiger partial charge on any atom is -0.399 e. The van der Waals surface area contributed by atoms with E-state index in [0.717, 1.165) is 12.5 Å². The number of nitrogens with two attached hydrogens (primary N) is 1. The van der Waals surface area contributed by atoms with Gasteiger partial charge in [0.15, 0.2) is 5.82 Å². The molecule has 2 saturated carbocycles. The topological polar surface area (TPSA) is 69.6 Å². The maximum atomic E-state index is 14.0. The highest BCUT2D eigenvalue weighted by Gasteiger charge is 2.54. The van der Waals surface area contributed by atoms with Gasteiger partial charge in [-0.15, -0.1) is 5.10 Å². The lowest BCUT2D eigenvalue weighted by Crippen LogP contribution is -2.16. The lowest BCUT2D eigenvalue weighted by molar-refractivity contribution is 0.348. The smallest absolute Gasteiger partial charge is 0.184 e. The van der Waals surface area contributed by atoms with Crippen molar-refractivity contribution in [3.05, 3.63) is 24.0 Å². The average molecular weight is 273 g/mol. The third-order valence-electron chi connectivity index (χ3n) is 4.57. The van der Waals surface area contributed by atoms with E-state index in [1.54, 1.807) is 16.8 Å². The van der Waals surface area contributed by atoms with Crippen LogP contribution < -0.4 is 5.73 Å². The van der Waals surface area contributed by atoms with Crippen LogP contribution in [0.2, 0.25) is 0 Å². The van der Waals surface area contributed by atoms with Gasteiger partial charge in [0.05, 0.1) is 12.1 Å². The van der Waals surface area contributed by atoms with Crippen molar-refractivity contribution in [1.82, 2.24) is 20.2 Å². The van der Waals surface area contributed by atoms with Crippen molar-refractivity contribution >= 4 is 5.69 Å². The van der Waals surface area contributed by atoms with Crippen molar-refractivity contribution in [2.45, 2.75) is 32.2 Å². The van der Waals surface area contributed by atoms with Gasteiger partial charge in [-0.3, -0.25) is 0 Å². The lowest BCUT2D eigenvalue weighted by Gasteiger charge is -2.14. The monoisotopic (exact) mass is 273 g/mol. The molecule has 20 heavy (non-hydrogen) atoms. The molecule has 0 radical (unpaired) electrons. The molecule has 0 aliphatic heterocycles. The molecule has 0 spiro atoms. The number of hydrogen-bond acceptors (Lipinski definition) is 4. The van der Waals surface area contributed by atoms with Gasteiger partial charge in [0.25, 0.3) is 0 Å². The van der Waals surface area contributed by atoms with Crippen molar-refractivity contribution in [1.29, 1.82) is 0 Å². The summed E-state index contributed by atoms with van der Waals surface area (Å²) in [6.45, 7) is 0.795. The Balaban J connectivity index is 1.67. The van der Waals surface area contributed by atoms with Gasteiger partial charge < -0.3 is 5.73 Å². The zero-order valence-electron chi connectivity index (χ0n) is 11.1. The van der Waals surface area contributed by atoms with E-state index < -0.39 is 0 Å². The molecule has 0 unspecified atom stereocenters. The third kappa shape index (κ3) is 1.87. The molecule has 0 saturated heterocycles. The summed E-state index contributed by atoms with van der Waals surface area (Å²) in [5.74, 6) is 0.933. The van der Waals surface area contributed by atoms with Crippen LogP contribution >= 0.6 is 0 Å². The van der Waals surface area contributed by atoms with Crippen molar-refractivity contribution in [3.63, 3.8) is 0 Å². The van der Waals surface area contributed by atoms with Gasteiger partial charge in [0.2, 0.25) is 0 Å². The van der Waals surface area contributed by atoms with Gasteiger partial charge in [0.1, 0.15) is 5.82 Å². The molecular formula is C14H16FN5. The second-order valence-corrected chi connectivity index (χ2v) is 6.04. The molecule has 5 nitrogen and oxygen atoms in total. The minimum absolute atomic E-state index is 0.369. The van der Waals surface area contributed by atoms with Crippen molar-refractivity contribution < 1.29 is 4.39 Å². The first-order valence-corrected chi connectivity index (χ1v) is 6.99. The fourth-order valence-electron chi connectivity index (χ4n) is 3.07. The van der Waals surface area contributed by atoms with Crippen molar-refractivity contribution in [2.75, 3.05) is 5.73 Å². The van der Waals surface area contributed by atoms with Gasteiger partial charge >= 0.3 is 0 Å². The summed E-state index contributed by atoms with van der Waals surface area (Å²) in [5, 5.41) is 11.8. The molecule has 1 aromatic heterocycles. The Morgan fingerprint density at radius 2 is 2.15 bits per heavy atom. The standard InChI is InChI=1S/C14H16FN5/c15-12-7-10(16)3-4-11(12)13-17-18-19-20(13)8-14(5-6-14)9-1-2-9/h3-4,7,9H,1-2,5-6,8,16H2. The second-order valence-electron chi connectivity index (χ2n) is 6.04. The Hall–Kier alpha value is -1.98. The van der Waals surface area contributed by atoms with Crippen LogP contribution in [0.3, 0.4) is 0 Å². The SMILES string of the molecule is Nc1ccc(-c2nnnn2CC2(C3CC3)CC2)c(F)c1. The molecule has 2 N–H and O–H groups in total. The molecular weight excluding hydrogens is 257 g/mol. The molecule has 0 atom stereocenters. The van der Waals surface area contributed by atoms with E-state index in [2.05, 4.69) is 15.5 Å². The number of tetrazole rings is 1. The zero-order valence-corrected chi connectivity index (χ0v) is 11.1. The van der Waals surface area contributed by atoms with Crippen LogP contribution in [0.4, 0.5) is 10.1 Å². The fraction of sp³-hybridized carbons (Fsp3) is 0.500. The highest BCUT2D eigenvalue weighted by molar-refractivity contribution is 5.59. The fourth-order valence-corrected chi connectivity index (χ4v) is 3.07. The number of halogens is 1. The Morgan fingerprint density at radius 1 is 1.35 bits per heavy atom. The van der Waals surface area contributed by atoms with E-state index in [9.17, 15) is 4.39 Å². The highest BCUT2D eigenvalue weighted by Crippen LogP contribution is 2.62. The number of anilines is 1. The number of nitrogens with zero attached hydrogens (tertiary/aromatic N) is 4. The third-order valence-corrected chi connectivity index (χ3v) is 4.57. The summed E-state index contributed by atoms with van der Waals surface area (Å²) in [6, 6.07) is 4.62. The van der Waals surface area contributed by atoms with Gasteiger partial charge in [0, 0.05) is 5.69 Å². The molecule has 4 rings (SSSR count). The second kappa shape index (κ2) is 4.01. The summed E-state index contributed by atoms with van der Waals surface area (Å²) in [7, 11) is 0. The molecule has 104 valence electrons. The van der Waals surface area contributed by atoms with E-state index in [4.69, 9.17) is 5.73 Å². The molecule has 2 aliphatic carbocycles. The quantitative estimate of drug-likeness (QED) is 0.867. The van der Waals surface area contributed by atoms with Crippen LogP contribution in [0.5, 0.6) is 0 Å². The zero-order chi connectivity index (χ0) is 13.7. The van der Waals surface area contributed by atoms with Crippen LogP contribution in [0, 0.1) is 17.2 Å². The van der Waals surface area contributed by atoms with Gasteiger partial charge in [-0.05, 0) is 65.6 Å². The Morgan fingerprint density at radius 3 is 2.80 bits per heavy atom. The molecule has 2 aromatic rings. The van der Waals surface area contributed by atoms with E-state index in [1.807, 2.05) is 0 Å². The number of nitrogen functional groups attached to an aromatic ring is 1. The number of rotatable bonds is 4. The summed E-state index contributed by atoms with van der Waals surface area (Å²) >= 11 is 0. The summed E-state index contributed by atoms with van der Waals surface area (Å²) in [6.07, 6.45) is 5.10. The average Bonchev–Trinajstić information content (AvgIpc) is 3.29. The molecule has 1 aromatic carbocycles. The van der Waals surface area contributed by atoms with Crippen LogP contribution in [-0.2, 0) is 6.54 Å². The largest absolute Gasteiger partial charge is 0.399 e. The molecule has 1 heterocycles. The van der Waals surface area contributed by atoms with E-state index in [1.165, 1.54) is 31.7 Å². The van der Waals surface area contributed by atoms with E-state index >= 15 is 0 Å². The first-order chi connectivity index (χ1) is 9.68. The molecule has 2 aliphatic rings. The minimum atomic E-state index is -0.377. The normalized spacial score (nSPS) is 20.1. The maximum Gasteiger partial charge on any atom is 0.184 e. The van der Waals surface area contributed by atoms with Crippen LogP contribution in [0.1, 0.15) is 25.7 Å². The maximum absolute atomic E-state index is 14.0. The Bertz CT molecular complexity index is 657. The lowest BCUT2D eigenvalue weighted by atomic mass is 10.0. The number of aromatic nitrogens is 4.